The highest BCUT2D eigenvalue weighted by atomic mass is 32.2. The van der Waals surface area contributed by atoms with Crippen LogP contribution < -0.4 is 5.32 Å². The number of carbonyl (C=O) groups excluding carboxylic acids is 2. The topological polar surface area (TPSA) is 86.8 Å². The maximum absolute atomic E-state index is 12.7. The van der Waals surface area contributed by atoms with Gasteiger partial charge in [-0.15, -0.1) is 0 Å². The number of benzene rings is 1. The zero-order chi connectivity index (χ0) is 16.7. The van der Waals surface area contributed by atoms with Crippen LogP contribution in [-0.4, -0.2) is 49.0 Å². The maximum atomic E-state index is 12.7. The van der Waals surface area contributed by atoms with Crippen LogP contribution in [-0.2, 0) is 26.3 Å². The van der Waals surface area contributed by atoms with Gasteiger partial charge in [-0.25, -0.2) is 0 Å². The van der Waals surface area contributed by atoms with E-state index in [-0.39, 0.29) is 37.9 Å². The van der Waals surface area contributed by atoms with Crippen molar-refractivity contribution in [2.45, 2.75) is 19.4 Å². The normalized spacial score (nSPS) is 25.5. The molecule has 1 aromatic carbocycles. The minimum absolute atomic E-state index is 0.0615. The van der Waals surface area contributed by atoms with Crippen LogP contribution >= 0.6 is 0 Å². The van der Waals surface area contributed by atoms with Gasteiger partial charge in [0.1, 0.15) is 0 Å². The van der Waals surface area contributed by atoms with E-state index in [1.165, 1.54) is 15.7 Å². The average molecular weight is 337 g/mol. The lowest BCUT2D eigenvalue weighted by Gasteiger charge is -2.25. The molecular formula is C15H19N3O4S. The van der Waals surface area contributed by atoms with E-state index < -0.39 is 15.6 Å². The Morgan fingerprint density at radius 1 is 1.26 bits per heavy atom. The van der Waals surface area contributed by atoms with Gasteiger partial charge in [-0.1, -0.05) is 30.3 Å². The second-order valence-corrected chi connectivity index (χ2v) is 8.20. The van der Waals surface area contributed by atoms with Gasteiger partial charge in [0.15, 0.2) is 0 Å². The summed E-state index contributed by atoms with van der Waals surface area (Å²) >= 11 is 0. The molecule has 124 valence electrons. The number of rotatable bonds is 4. The number of carbonyl (C=O) groups is 2. The molecule has 1 N–H and O–H groups in total. The van der Waals surface area contributed by atoms with E-state index in [1.807, 2.05) is 30.3 Å². The molecule has 23 heavy (non-hydrogen) atoms. The van der Waals surface area contributed by atoms with E-state index in [9.17, 15) is 18.0 Å². The lowest BCUT2D eigenvalue weighted by Crippen LogP contribution is -2.42. The summed E-state index contributed by atoms with van der Waals surface area (Å²) < 4.78 is 28.0. The van der Waals surface area contributed by atoms with E-state index in [4.69, 9.17) is 0 Å². The molecule has 0 aromatic heterocycles. The SMILES string of the molecule is CN(Cc1ccccc1)S(=O)(=O)N1CCC2(CC(=O)NC2=O)C1. The predicted octanol–water partition coefficient (Wildman–Crippen LogP) is 0.102. The van der Waals surface area contributed by atoms with Gasteiger partial charge >= 0.3 is 0 Å². The van der Waals surface area contributed by atoms with Crippen molar-refractivity contribution < 1.29 is 18.0 Å². The van der Waals surface area contributed by atoms with Crippen molar-refractivity contribution in [2.75, 3.05) is 20.1 Å². The fourth-order valence-corrected chi connectivity index (χ4v) is 4.61. The Morgan fingerprint density at radius 2 is 1.96 bits per heavy atom. The summed E-state index contributed by atoms with van der Waals surface area (Å²) in [7, 11) is -2.14. The summed E-state index contributed by atoms with van der Waals surface area (Å²) in [5.41, 5.74) is -0.00106. The summed E-state index contributed by atoms with van der Waals surface area (Å²) in [5.74, 6) is -0.683. The number of imide groups is 1. The van der Waals surface area contributed by atoms with Crippen molar-refractivity contribution in [1.29, 1.82) is 0 Å². The molecule has 2 amide bonds. The zero-order valence-electron chi connectivity index (χ0n) is 12.9. The molecule has 0 bridgehead atoms. The van der Waals surface area contributed by atoms with Gasteiger partial charge in [-0.2, -0.15) is 17.0 Å². The van der Waals surface area contributed by atoms with Crippen molar-refractivity contribution in [3.63, 3.8) is 0 Å². The summed E-state index contributed by atoms with van der Waals surface area (Å²) in [6.45, 7) is 0.575. The molecule has 2 fully saturated rings. The first-order valence-corrected chi connectivity index (χ1v) is 8.83. The number of hydrogen-bond donors (Lipinski definition) is 1. The van der Waals surface area contributed by atoms with Crippen molar-refractivity contribution in [2.24, 2.45) is 5.41 Å². The van der Waals surface area contributed by atoms with Crippen LogP contribution in [0.25, 0.3) is 0 Å². The highest BCUT2D eigenvalue weighted by Crippen LogP contribution is 2.39. The Bertz CT molecular complexity index is 734. The molecule has 1 unspecified atom stereocenters. The Labute approximate surface area is 135 Å². The van der Waals surface area contributed by atoms with Crippen molar-refractivity contribution >= 4 is 22.0 Å². The molecule has 2 saturated heterocycles. The Morgan fingerprint density at radius 3 is 2.57 bits per heavy atom. The fourth-order valence-electron chi connectivity index (χ4n) is 3.17. The number of amides is 2. The van der Waals surface area contributed by atoms with Gasteiger partial charge in [-0.3, -0.25) is 14.9 Å². The predicted molar refractivity (Wildman–Crippen MR) is 83.2 cm³/mol. The molecule has 0 aliphatic carbocycles. The molecule has 3 rings (SSSR count). The largest absolute Gasteiger partial charge is 0.296 e. The Kier molecular flexibility index (Phi) is 3.99. The molecule has 8 heteroatoms. The lowest BCUT2D eigenvalue weighted by atomic mass is 9.86. The van der Waals surface area contributed by atoms with Crippen LogP contribution in [0.4, 0.5) is 0 Å². The quantitative estimate of drug-likeness (QED) is 0.790. The zero-order valence-corrected chi connectivity index (χ0v) is 13.7. The second-order valence-electron chi connectivity index (χ2n) is 6.17. The molecule has 2 heterocycles. The van der Waals surface area contributed by atoms with Crippen molar-refractivity contribution in [3.05, 3.63) is 35.9 Å². The monoisotopic (exact) mass is 337 g/mol. The number of nitrogens with one attached hydrogen (secondary N) is 1. The molecule has 2 aliphatic heterocycles. The number of hydrogen-bond acceptors (Lipinski definition) is 4. The minimum atomic E-state index is -3.67. The van der Waals surface area contributed by atoms with Crippen molar-refractivity contribution in [1.82, 2.24) is 13.9 Å². The highest BCUT2D eigenvalue weighted by Gasteiger charge is 2.53. The number of nitrogens with zero attached hydrogens (tertiary/aromatic N) is 2. The maximum Gasteiger partial charge on any atom is 0.282 e. The van der Waals surface area contributed by atoms with Crippen LogP contribution in [0, 0.1) is 5.41 Å². The Hall–Kier alpha value is -1.77. The first-order valence-electron chi connectivity index (χ1n) is 7.43. The summed E-state index contributed by atoms with van der Waals surface area (Å²) in [6, 6.07) is 9.31. The molecule has 0 radical (unpaired) electrons. The summed E-state index contributed by atoms with van der Waals surface area (Å²) in [4.78, 5) is 23.4. The van der Waals surface area contributed by atoms with Crippen LogP contribution in [0.2, 0.25) is 0 Å². The van der Waals surface area contributed by atoms with Crippen LogP contribution in [0.5, 0.6) is 0 Å². The highest BCUT2D eigenvalue weighted by molar-refractivity contribution is 7.86. The molecule has 2 aliphatic rings. The third-order valence-electron chi connectivity index (χ3n) is 4.52. The molecule has 1 spiro atoms. The van der Waals surface area contributed by atoms with Crippen molar-refractivity contribution in [3.8, 4) is 0 Å². The van der Waals surface area contributed by atoms with Gasteiger partial charge in [0, 0.05) is 33.1 Å². The van der Waals surface area contributed by atoms with Gasteiger partial charge in [-0.05, 0) is 12.0 Å². The molecule has 0 saturated carbocycles. The van der Waals surface area contributed by atoms with Crippen LogP contribution in [0.1, 0.15) is 18.4 Å². The standard InChI is InChI=1S/C15H19N3O4S/c1-17(10-12-5-3-2-4-6-12)23(21,22)18-8-7-15(11-18)9-13(19)16-14(15)20/h2-6H,7-11H2,1H3,(H,16,19,20). The van der Waals surface area contributed by atoms with E-state index in [0.717, 1.165) is 5.56 Å². The van der Waals surface area contributed by atoms with Crippen LogP contribution in [0.15, 0.2) is 30.3 Å². The van der Waals surface area contributed by atoms with E-state index in [2.05, 4.69) is 5.32 Å². The minimum Gasteiger partial charge on any atom is -0.296 e. The Balaban J connectivity index is 1.73. The first kappa shape index (κ1) is 16.1. The lowest BCUT2D eigenvalue weighted by molar-refractivity contribution is -0.128. The van der Waals surface area contributed by atoms with Gasteiger partial charge in [0.05, 0.1) is 5.41 Å². The smallest absolute Gasteiger partial charge is 0.282 e. The van der Waals surface area contributed by atoms with E-state index >= 15 is 0 Å². The van der Waals surface area contributed by atoms with Gasteiger partial charge in [0.2, 0.25) is 11.8 Å². The third kappa shape index (κ3) is 2.89. The van der Waals surface area contributed by atoms with Gasteiger partial charge < -0.3 is 0 Å². The summed E-state index contributed by atoms with van der Waals surface area (Å²) in [5, 5.41) is 2.28. The van der Waals surface area contributed by atoms with E-state index in [0.29, 0.717) is 6.42 Å². The molecule has 1 atom stereocenters. The molecular weight excluding hydrogens is 318 g/mol. The third-order valence-corrected chi connectivity index (χ3v) is 6.40. The summed E-state index contributed by atoms with van der Waals surface area (Å²) in [6.07, 6.45) is 0.448. The van der Waals surface area contributed by atoms with Crippen LogP contribution in [0.3, 0.4) is 0 Å². The fraction of sp³-hybridized carbons (Fsp3) is 0.467. The molecule has 1 aromatic rings. The molecule has 7 nitrogen and oxygen atoms in total. The van der Waals surface area contributed by atoms with E-state index in [1.54, 1.807) is 0 Å². The van der Waals surface area contributed by atoms with Gasteiger partial charge in [0.25, 0.3) is 10.2 Å². The average Bonchev–Trinajstić information content (AvgIpc) is 3.05. The second kappa shape index (κ2) is 5.70. The first-order chi connectivity index (χ1) is 10.8.